The van der Waals surface area contributed by atoms with Crippen molar-refractivity contribution in [2.24, 2.45) is 0 Å². The van der Waals surface area contributed by atoms with Crippen LogP contribution in [0.2, 0.25) is 5.02 Å². The average Bonchev–Trinajstić information content (AvgIpc) is 2.56. The topological polar surface area (TPSA) is 43.4 Å². The summed E-state index contributed by atoms with van der Waals surface area (Å²) in [4.78, 5) is 3.96. The van der Waals surface area contributed by atoms with Crippen molar-refractivity contribution in [3.05, 3.63) is 53.2 Å². The summed E-state index contributed by atoms with van der Waals surface area (Å²) in [5.74, 6) is -0.510. The zero-order chi connectivity index (χ0) is 17.3. The molecule has 3 aromatic rings. The Morgan fingerprint density at radius 3 is 2.46 bits per heavy atom. The van der Waals surface area contributed by atoms with Crippen molar-refractivity contribution in [2.45, 2.75) is 0 Å². The second kappa shape index (κ2) is 6.49. The monoisotopic (exact) mass is 350 g/mol. The fourth-order valence-corrected chi connectivity index (χ4v) is 2.62. The van der Waals surface area contributed by atoms with E-state index in [-0.39, 0.29) is 5.52 Å². The number of rotatable bonds is 4. The van der Waals surface area contributed by atoms with E-state index in [4.69, 9.17) is 21.1 Å². The van der Waals surface area contributed by atoms with Crippen molar-refractivity contribution >= 4 is 33.9 Å². The lowest BCUT2D eigenvalue weighted by atomic mass is 10.1. The Morgan fingerprint density at radius 2 is 1.75 bits per heavy atom. The van der Waals surface area contributed by atoms with Crippen LogP contribution in [0.1, 0.15) is 0 Å². The number of methoxy groups -OCH3 is 2. The standard InChI is InChI=1S/C17H13ClF2N2O2/c1-23-15-8-14(16(24-2)7-11(15)18)22-13-3-4-21-17-10(13)5-9(19)6-12(17)20/h3-8H,1-2H3,(H,21,22). The quantitative estimate of drug-likeness (QED) is 0.724. The largest absolute Gasteiger partial charge is 0.495 e. The van der Waals surface area contributed by atoms with Crippen LogP contribution in [0.4, 0.5) is 20.2 Å². The number of aromatic nitrogens is 1. The van der Waals surface area contributed by atoms with Gasteiger partial charge >= 0.3 is 0 Å². The number of hydrogen-bond acceptors (Lipinski definition) is 4. The SMILES string of the molecule is COc1cc(Nc2ccnc3c(F)cc(F)cc23)c(OC)cc1Cl. The predicted molar refractivity (Wildman–Crippen MR) is 89.5 cm³/mol. The van der Waals surface area contributed by atoms with Crippen molar-refractivity contribution < 1.29 is 18.3 Å². The summed E-state index contributed by atoms with van der Waals surface area (Å²) >= 11 is 6.08. The maximum atomic E-state index is 13.9. The number of pyridine rings is 1. The molecule has 1 heterocycles. The van der Waals surface area contributed by atoms with Gasteiger partial charge in [0.2, 0.25) is 0 Å². The van der Waals surface area contributed by atoms with Gasteiger partial charge in [0.1, 0.15) is 22.8 Å². The fraction of sp³-hybridized carbons (Fsp3) is 0.118. The van der Waals surface area contributed by atoms with E-state index in [1.54, 1.807) is 18.2 Å². The third-order valence-corrected chi connectivity index (χ3v) is 3.80. The minimum absolute atomic E-state index is 0.0706. The number of nitrogens with one attached hydrogen (secondary N) is 1. The Labute approximate surface area is 142 Å². The molecule has 0 bridgehead atoms. The zero-order valence-electron chi connectivity index (χ0n) is 12.9. The summed E-state index contributed by atoms with van der Waals surface area (Å²) in [7, 11) is 2.98. The molecule has 0 fully saturated rings. The Kier molecular flexibility index (Phi) is 4.40. The van der Waals surface area contributed by atoms with Gasteiger partial charge in [0.05, 0.1) is 24.9 Å². The minimum Gasteiger partial charge on any atom is -0.495 e. The number of fused-ring (bicyclic) bond motifs is 1. The first-order valence-electron chi connectivity index (χ1n) is 6.95. The molecule has 0 aliphatic heterocycles. The van der Waals surface area contributed by atoms with E-state index in [9.17, 15) is 8.78 Å². The van der Waals surface area contributed by atoms with Crippen LogP contribution >= 0.6 is 11.6 Å². The third kappa shape index (κ3) is 2.92. The highest BCUT2D eigenvalue weighted by molar-refractivity contribution is 6.32. The summed E-state index contributed by atoms with van der Waals surface area (Å²) in [5.41, 5.74) is 1.08. The Bertz CT molecular complexity index is 919. The van der Waals surface area contributed by atoms with Crippen molar-refractivity contribution in [2.75, 3.05) is 19.5 Å². The third-order valence-electron chi connectivity index (χ3n) is 3.51. The molecular formula is C17H13ClF2N2O2. The van der Waals surface area contributed by atoms with Crippen molar-refractivity contribution in [3.63, 3.8) is 0 Å². The van der Waals surface area contributed by atoms with Gasteiger partial charge in [-0.05, 0) is 12.1 Å². The van der Waals surface area contributed by atoms with Gasteiger partial charge in [-0.1, -0.05) is 11.6 Å². The van der Waals surface area contributed by atoms with Gasteiger partial charge < -0.3 is 14.8 Å². The summed E-state index contributed by atoms with van der Waals surface area (Å²) in [6, 6.07) is 6.86. The number of ether oxygens (including phenoxy) is 2. The molecule has 7 heteroatoms. The van der Waals surface area contributed by atoms with Crippen LogP contribution in [0.25, 0.3) is 10.9 Å². The second-order valence-electron chi connectivity index (χ2n) is 4.95. The van der Waals surface area contributed by atoms with Crippen LogP contribution < -0.4 is 14.8 Å². The van der Waals surface area contributed by atoms with Gasteiger partial charge in [-0.2, -0.15) is 0 Å². The van der Waals surface area contributed by atoms with Crippen LogP contribution in [0, 0.1) is 11.6 Å². The molecule has 0 saturated heterocycles. The maximum absolute atomic E-state index is 13.9. The van der Waals surface area contributed by atoms with Gasteiger partial charge in [0.25, 0.3) is 0 Å². The molecule has 0 aliphatic carbocycles. The molecule has 2 aromatic carbocycles. The van der Waals surface area contributed by atoms with Gasteiger partial charge in [-0.25, -0.2) is 8.78 Å². The molecule has 3 rings (SSSR count). The molecule has 1 N–H and O–H groups in total. The van der Waals surface area contributed by atoms with Crippen molar-refractivity contribution in [3.8, 4) is 11.5 Å². The predicted octanol–water partition coefficient (Wildman–Crippen LogP) is 4.93. The fourth-order valence-electron chi connectivity index (χ4n) is 2.39. The first kappa shape index (κ1) is 16.3. The molecule has 0 unspecified atom stereocenters. The van der Waals surface area contributed by atoms with E-state index >= 15 is 0 Å². The molecule has 0 saturated carbocycles. The molecule has 0 aliphatic rings. The summed E-state index contributed by atoms with van der Waals surface area (Å²) in [5, 5.41) is 3.78. The number of anilines is 2. The first-order chi connectivity index (χ1) is 11.5. The molecule has 0 amide bonds. The molecule has 24 heavy (non-hydrogen) atoms. The molecule has 0 spiro atoms. The number of benzene rings is 2. The first-order valence-corrected chi connectivity index (χ1v) is 7.33. The van der Waals surface area contributed by atoms with Crippen LogP contribution in [0.3, 0.4) is 0 Å². The summed E-state index contributed by atoms with van der Waals surface area (Å²) in [6.45, 7) is 0. The second-order valence-corrected chi connectivity index (χ2v) is 5.36. The van der Waals surface area contributed by atoms with Gasteiger partial charge in [-0.15, -0.1) is 0 Å². The summed E-state index contributed by atoms with van der Waals surface area (Å²) in [6.07, 6.45) is 1.44. The van der Waals surface area contributed by atoms with Crippen molar-refractivity contribution in [1.82, 2.24) is 4.98 Å². The summed E-state index contributed by atoms with van der Waals surface area (Å²) < 4.78 is 37.9. The highest BCUT2D eigenvalue weighted by Gasteiger charge is 2.13. The lowest BCUT2D eigenvalue weighted by molar-refractivity contribution is 0.405. The molecule has 0 radical (unpaired) electrons. The van der Waals surface area contributed by atoms with Gasteiger partial charge in [0, 0.05) is 35.5 Å². The van der Waals surface area contributed by atoms with Crippen LogP contribution in [-0.4, -0.2) is 19.2 Å². The molecule has 4 nitrogen and oxygen atoms in total. The Morgan fingerprint density at radius 1 is 1.00 bits per heavy atom. The van der Waals surface area contributed by atoms with E-state index in [0.29, 0.717) is 33.3 Å². The molecular weight excluding hydrogens is 338 g/mol. The number of nitrogens with zero attached hydrogens (tertiary/aromatic N) is 1. The lowest BCUT2D eigenvalue weighted by Gasteiger charge is -2.15. The highest BCUT2D eigenvalue weighted by atomic mass is 35.5. The average molecular weight is 351 g/mol. The van der Waals surface area contributed by atoms with E-state index in [0.717, 1.165) is 6.07 Å². The number of halogens is 3. The molecule has 0 atom stereocenters. The smallest absolute Gasteiger partial charge is 0.152 e. The van der Waals surface area contributed by atoms with Crippen LogP contribution in [0.15, 0.2) is 36.5 Å². The van der Waals surface area contributed by atoms with Gasteiger partial charge in [0.15, 0.2) is 5.82 Å². The molecule has 1 aromatic heterocycles. The van der Waals surface area contributed by atoms with Gasteiger partial charge in [-0.3, -0.25) is 4.98 Å². The van der Waals surface area contributed by atoms with E-state index in [1.165, 1.54) is 26.5 Å². The minimum atomic E-state index is -0.727. The number of hydrogen-bond donors (Lipinski definition) is 1. The lowest BCUT2D eigenvalue weighted by Crippen LogP contribution is -1.98. The normalized spacial score (nSPS) is 10.7. The van der Waals surface area contributed by atoms with E-state index in [2.05, 4.69) is 10.3 Å². The Balaban J connectivity index is 2.14. The highest BCUT2D eigenvalue weighted by Crippen LogP contribution is 2.38. The van der Waals surface area contributed by atoms with Crippen molar-refractivity contribution in [1.29, 1.82) is 0 Å². The van der Waals surface area contributed by atoms with E-state index in [1.807, 2.05) is 0 Å². The Hall–Kier alpha value is -2.60. The maximum Gasteiger partial charge on any atom is 0.152 e. The zero-order valence-corrected chi connectivity index (χ0v) is 13.6. The van der Waals surface area contributed by atoms with Crippen LogP contribution in [-0.2, 0) is 0 Å². The van der Waals surface area contributed by atoms with E-state index < -0.39 is 11.6 Å². The molecule has 124 valence electrons. The van der Waals surface area contributed by atoms with Crippen LogP contribution in [0.5, 0.6) is 11.5 Å².